The first kappa shape index (κ1) is 14.9. The molecule has 0 bridgehead atoms. The number of nitrogens with one attached hydrogen (secondary N) is 1. The number of nitriles is 1. The summed E-state index contributed by atoms with van der Waals surface area (Å²) in [4.78, 5) is 8.84. The van der Waals surface area contributed by atoms with Crippen LogP contribution in [0.2, 0.25) is 0 Å². The van der Waals surface area contributed by atoms with Crippen LogP contribution < -0.4 is 5.32 Å². The van der Waals surface area contributed by atoms with Gasteiger partial charge in [0.15, 0.2) is 5.82 Å². The lowest BCUT2D eigenvalue weighted by Crippen LogP contribution is -2.21. The third-order valence-corrected chi connectivity index (χ3v) is 3.37. The summed E-state index contributed by atoms with van der Waals surface area (Å²) in [5.74, 6) is 1.23. The summed E-state index contributed by atoms with van der Waals surface area (Å²) in [5, 5.41) is 16.8. The van der Waals surface area contributed by atoms with E-state index >= 15 is 0 Å². The van der Waals surface area contributed by atoms with Gasteiger partial charge in [0, 0.05) is 25.5 Å². The largest absolute Gasteiger partial charge is 0.383 e. The molecule has 0 fully saturated rings. The first-order valence-electron chi connectivity index (χ1n) is 7.18. The van der Waals surface area contributed by atoms with Crippen molar-refractivity contribution >= 4 is 11.3 Å². The number of rotatable bonds is 5. The number of hydrogen-bond acceptors (Lipinski definition) is 6. The third kappa shape index (κ3) is 2.98. The lowest BCUT2D eigenvalue weighted by molar-refractivity contribution is 0.190. The van der Waals surface area contributed by atoms with Crippen molar-refractivity contribution in [2.45, 2.75) is 13.0 Å². The topological polar surface area (TPSA) is 88.1 Å². The second kappa shape index (κ2) is 6.42. The van der Waals surface area contributed by atoms with E-state index < -0.39 is 0 Å². The molecule has 116 valence electrons. The monoisotopic (exact) mass is 308 g/mol. The van der Waals surface area contributed by atoms with Crippen LogP contribution in [0, 0.1) is 11.3 Å². The van der Waals surface area contributed by atoms with Gasteiger partial charge in [-0.05, 0) is 25.1 Å². The molecular formula is C16H16N6O. The van der Waals surface area contributed by atoms with E-state index in [1.165, 1.54) is 0 Å². The predicted octanol–water partition coefficient (Wildman–Crippen LogP) is 2.11. The Bertz CT molecular complexity index is 866. The third-order valence-electron chi connectivity index (χ3n) is 3.37. The Morgan fingerprint density at radius 1 is 1.43 bits per heavy atom. The van der Waals surface area contributed by atoms with E-state index in [-0.39, 0.29) is 6.04 Å². The summed E-state index contributed by atoms with van der Waals surface area (Å²) in [7, 11) is 1.66. The maximum absolute atomic E-state index is 9.30. The van der Waals surface area contributed by atoms with Gasteiger partial charge < -0.3 is 10.1 Å². The fourth-order valence-corrected chi connectivity index (χ4v) is 2.41. The summed E-state index contributed by atoms with van der Waals surface area (Å²) >= 11 is 0. The molecule has 0 radical (unpaired) electrons. The Hall–Kier alpha value is -2.98. The molecule has 0 unspecified atom stereocenters. The van der Waals surface area contributed by atoms with Crippen LogP contribution in [0.3, 0.4) is 0 Å². The normalized spacial score (nSPS) is 12.0. The Morgan fingerprint density at radius 3 is 3.09 bits per heavy atom. The quantitative estimate of drug-likeness (QED) is 0.776. The maximum Gasteiger partial charge on any atom is 0.165 e. The van der Waals surface area contributed by atoms with Crippen molar-refractivity contribution in [3.8, 4) is 17.5 Å². The Morgan fingerprint density at radius 2 is 2.30 bits per heavy atom. The fourth-order valence-electron chi connectivity index (χ4n) is 2.41. The average molecular weight is 308 g/mol. The molecule has 0 aromatic carbocycles. The van der Waals surface area contributed by atoms with Crippen LogP contribution in [0.4, 0.5) is 5.82 Å². The molecule has 0 aliphatic rings. The van der Waals surface area contributed by atoms with Crippen molar-refractivity contribution in [3.63, 3.8) is 0 Å². The van der Waals surface area contributed by atoms with Gasteiger partial charge in [0.25, 0.3) is 0 Å². The molecule has 1 atom stereocenters. The van der Waals surface area contributed by atoms with Gasteiger partial charge in [-0.25, -0.2) is 14.5 Å². The number of ether oxygens (including phenoxy) is 1. The van der Waals surface area contributed by atoms with Gasteiger partial charge in [0.2, 0.25) is 0 Å². The minimum Gasteiger partial charge on any atom is -0.383 e. The molecule has 0 aliphatic heterocycles. The molecule has 0 amide bonds. The van der Waals surface area contributed by atoms with Crippen molar-refractivity contribution in [1.82, 2.24) is 19.6 Å². The van der Waals surface area contributed by atoms with Crippen molar-refractivity contribution < 1.29 is 4.74 Å². The van der Waals surface area contributed by atoms with E-state index in [2.05, 4.69) is 26.5 Å². The molecular weight excluding hydrogens is 292 g/mol. The number of aromatic nitrogens is 4. The van der Waals surface area contributed by atoms with Gasteiger partial charge in [-0.1, -0.05) is 0 Å². The van der Waals surface area contributed by atoms with Crippen molar-refractivity contribution in [1.29, 1.82) is 5.26 Å². The second-order valence-corrected chi connectivity index (χ2v) is 5.15. The number of nitrogens with zero attached hydrogens (tertiary/aromatic N) is 5. The lowest BCUT2D eigenvalue weighted by Gasteiger charge is -2.13. The minimum atomic E-state index is 0.126. The predicted molar refractivity (Wildman–Crippen MR) is 85.9 cm³/mol. The Balaban J connectivity index is 2.01. The van der Waals surface area contributed by atoms with Gasteiger partial charge in [-0.15, -0.1) is 0 Å². The van der Waals surface area contributed by atoms with E-state index in [1.807, 2.05) is 6.92 Å². The van der Waals surface area contributed by atoms with Gasteiger partial charge in [-0.3, -0.25) is 0 Å². The van der Waals surface area contributed by atoms with E-state index in [1.54, 1.807) is 48.4 Å². The van der Waals surface area contributed by atoms with Crippen LogP contribution in [0.25, 0.3) is 16.9 Å². The van der Waals surface area contributed by atoms with Crippen LogP contribution in [0.5, 0.6) is 0 Å². The zero-order chi connectivity index (χ0) is 16.2. The van der Waals surface area contributed by atoms with Crippen molar-refractivity contribution in [2.75, 3.05) is 19.0 Å². The minimum absolute atomic E-state index is 0.126. The number of hydrogen-bond donors (Lipinski definition) is 1. The van der Waals surface area contributed by atoms with Gasteiger partial charge in [-0.2, -0.15) is 10.4 Å². The van der Waals surface area contributed by atoms with Crippen LogP contribution in [-0.4, -0.2) is 39.3 Å². The fraction of sp³-hybridized carbons (Fsp3) is 0.250. The molecule has 7 nitrogen and oxygen atoms in total. The SMILES string of the molecule is COC[C@H](C)Nc1ccnc(-c2cnn3cccc(C#N)c23)n1. The smallest absolute Gasteiger partial charge is 0.165 e. The number of anilines is 1. The molecule has 3 aromatic rings. The van der Waals surface area contributed by atoms with Gasteiger partial charge in [0.05, 0.1) is 29.4 Å². The van der Waals surface area contributed by atoms with E-state index in [0.29, 0.717) is 29.3 Å². The maximum atomic E-state index is 9.30. The lowest BCUT2D eigenvalue weighted by atomic mass is 10.1. The summed E-state index contributed by atoms with van der Waals surface area (Å²) in [6.45, 7) is 2.59. The zero-order valence-corrected chi connectivity index (χ0v) is 12.9. The first-order valence-corrected chi connectivity index (χ1v) is 7.18. The molecule has 0 spiro atoms. The summed E-state index contributed by atoms with van der Waals surface area (Å²) < 4.78 is 6.77. The van der Waals surface area contributed by atoms with E-state index in [0.717, 1.165) is 5.56 Å². The number of fused-ring (bicyclic) bond motifs is 1. The highest BCUT2D eigenvalue weighted by molar-refractivity contribution is 5.81. The second-order valence-electron chi connectivity index (χ2n) is 5.15. The highest BCUT2D eigenvalue weighted by Crippen LogP contribution is 2.24. The van der Waals surface area contributed by atoms with Crippen molar-refractivity contribution in [3.05, 3.63) is 42.4 Å². The van der Waals surface area contributed by atoms with Crippen LogP contribution in [-0.2, 0) is 4.74 Å². The molecule has 3 rings (SSSR count). The Kier molecular flexibility index (Phi) is 4.17. The molecule has 7 heteroatoms. The first-order chi connectivity index (χ1) is 11.2. The van der Waals surface area contributed by atoms with Gasteiger partial charge in [0.1, 0.15) is 11.9 Å². The highest BCUT2D eigenvalue weighted by atomic mass is 16.5. The van der Waals surface area contributed by atoms with Gasteiger partial charge >= 0.3 is 0 Å². The molecule has 0 aliphatic carbocycles. The molecule has 1 N–H and O–H groups in total. The average Bonchev–Trinajstić information content (AvgIpc) is 2.99. The Labute approximate surface area is 133 Å². The molecule has 0 saturated heterocycles. The molecule has 23 heavy (non-hydrogen) atoms. The molecule has 0 saturated carbocycles. The van der Waals surface area contributed by atoms with Crippen molar-refractivity contribution in [2.24, 2.45) is 0 Å². The van der Waals surface area contributed by atoms with E-state index in [4.69, 9.17) is 4.74 Å². The molecule has 3 heterocycles. The molecule has 3 aromatic heterocycles. The zero-order valence-electron chi connectivity index (χ0n) is 12.9. The summed E-state index contributed by atoms with van der Waals surface area (Å²) in [6, 6.07) is 7.64. The highest BCUT2D eigenvalue weighted by Gasteiger charge is 2.14. The van der Waals surface area contributed by atoms with Crippen LogP contribution in [0.15, 0.2) is 36.8 Å². The summed E-state index contributed by atoms with van der Waals surface area (Å²) in [5.41, 5.74) is 1.97. The number of pyridine rings is 1. The number of methoxy groups -OCH3 is 1. The van der Waals surface area contributed by atoms with E-state index in [9.17, 15) is 5.26 Å². The summed E-state index contributed by atoms with van der Waals surface area (Å²) in [6.07, 6.45) is 5.15. The van der Waals surface area contributed by atoms with Crippen LogP contribution in [0.1, 0.15) is 12.5 Å². The standard InChI is InChI=1S/C16H16N6O/c1-11(10-23-2)20-14-5-6-18-16(21-14)13-9-19-22-7-3-4-12(8-17)15(13)22/h3-7,9,11H,10H2,1-2H3,(H,18,20,21)/t11-/m0/s1. The van der Waals surface area contributed by atoms with Crippen LogP contribution >= 0.6 is 0 Å².